The lowest BCUT2D eigenvalue weighted by Gasteiger charge is -2.07. The van der Waals surface area contributed by atoms with Crippen LogP contribution in [0.2, 0.25) is 0 Å². The number of nitrogens with two attached hydrogens (primary N) is 1. The summed E-state index contributed by atoms with van der Waals surface area (Å²) < 4.78 is 20.3. The highest BCUT2D eigenvalue weighted by Crippen LogP contribution is 2.18. The molecule has 0 fully saturated rings. The van der Waals surface area contributed by atoms with Crippen molar-refractivity contribution in [2.45, 2.75) is 20.3 Å². The second-order valence-electron chi connectivity index (χ2n) is 4.36. The third kappa shape index (κ3) is 3.34. The van der Waals surface area contributed by atoms with E-state index >= 15 is 0 Å². The summed E-state index contributed by atoms with van der Waals surface area (Å²) in [6, 6.07) is 4.32. The minimum Gasteiger partial charge on any atom is -0.493 e. The number of hydrogen-bond donors (Lipinski definition) is 1. The van der Waals surface area contributed by atoms with Crippen LogP contribution in [-0.4, -0.2) is 22.5 Å². The van der Waals surface area contributed by atoms with E-state index in [4.69, 9.17) is 10.5 Å². The van der Waals surface area contributed by atoms with Crippen molar-refractivity contribution in [2.24, 2.45) is 5.10 Å². The summed E-state index contributed by atoms with van der Waals surface area (Å²) in [7, 11) is 0. The van der Waals surface area contributed by atoms with E-state index in [0.717, 1.165) is 12.1 Å². The Bertz CT molecular complexity index is 622. The van der Waals surface area contributed by atoms with Crippen molar-refractivity contribution in [3.8, 4) is 5.75 Å². The van der Waals surface area contributed by atoms with Gasteiger partial charge in [-0.3, -0.25) is 0 Å². The fourth-order valence-electron chi connectivity index (χ4n) is 1.68. The molecule has 1 aromatic heterocycles. The van der Waals surface area contributed by atoms with Crippen LogP contribution < -0.4 is 10.5 Å². The van der Waals surface area contributed by atoms with Gasteiger partial charge in [0.2, 0.25) is 5.95 Å². The topological polar surface area (TPSA) is 65.4 Å². The van der Waals surface area contributed by atoms with Crippen molar-refractivity contribution < 1.29 is 9.13 Å². The molecule has 2 aromatic rings. The zero-order chi connectivity index (χ0) is 14.5. The number of rotatable bonds is 5. The molecule has 0 radical (unpaired) electrons. The number of aromatic nitrogens is 2. The van der Waals surface area contributed by atoms with Crippen LogP contribution in [0.15, 0.2) is 29.5 Å². The largest absolute Gasteiger partial charge is 0.493 e. The lowest BCUT2D eigenvalue weighted by Crippen LogP contribution is -2.01. The first-order valence-corrected chi connectivity index (χ1v) is 6.38. The van der Waals surface area contributed by atoms with Gasteiger partial charge < -0.3 is 10.5 Å². The predicted octanol–water partition coefficient (Wildman–Crippen LogP) is 2.58. The molecule has 0 atom stereocenters. The molecule has 106 valence electrons. The Labute approximate surface area is 116 Å². The van der Waals surface area contributed by atoms with Gasteiger partial charge in [0, 0.05) is 5.56 Å². The number of benzene rings is 1. The van der Waals surface area contributed by atoms with Crippen molar-refractivity contribution in [1.82, 2.24) is 9.66 Å². The van der Waals surface area contributed by atoms with Crippen molar-refractivity contribution in [3.05, 3.63) is 41.5 Å². The van der Waals surface area contributed by atoms with Crippen LogP contribution in [0.1, 0.15) is 24.6 Å². The van der Waals surface area contributed by atoms with Gasteiger partial charge >= 0.3 is 0 Å². The predicted molar refractivity (Wildman–Crippen MR) is 76.6 cm³/mol. The van der Waals surface area contributed by atoms with Gasteiger partial charge in [0.05, 0.1) is 24.7 Å². The molecule has 0 saturated heterocycles. The van der Waals surface area contributed by atoms with E-state index in [0.29, 0.717) is 17.9 Å². The summed E-state index contributed by atoms with van der Waals surface area (Å²) in [5.74, 6) is 0.531. The molecule has 2 rings (SSSR count). The van der Waals surface area contributed by atoms with Crippen molar-refractivity contribution in [3.63, 3.8) is 0 Å². The fourth-order valence-corrected chi connectivity index (χ4v) is 1.68. The van der Waals surface area contributed by atoms with Crippen LogP contribution in [0.4, 0.5) is 10.3 Å². The van der Waals surface area contributed by atoms with Gasteiger partial charge in [0.1, 0.15) is 11.6 Å². The third-order valence-electron chi connectivity index (χ3n) is 2.59. The van der Waals surface area contributed by atoms with Gasteiger partial charge in [0.25, 0.3) is 0 Å². The minimum absolute atomic E-state index is 0.283. The first kappa shape index (κ1) is 14.0. The first-order chi connectivity index (χ1) is 9.60. The van der Waals surface area contributed by atoms with Crippen molar-refractivity contribution >= 4 is 12.2 Å². The molecule has 0 saturated carbocycles. The van der Waals surface area contributed by atoms with E-state index < -0.39 is 0 Å². The zero-order valence-corrected chi connectivity index (χ0v) is 11.5. The van der Waals surface area contributed by atoms with E-state index in [2.05, 4.69) is 10.1 Å². The second-order valence-corrected chi connectivity index (χ2v) is 4.36. The van der Waals surface area contributed by atoms with E-state index in [-0.39, 0.29) is 11.8 Å². The molecule has 1 aromatic carbocycles. The molecule has 0 amide bonds. The third-order valence-corrected chi connectivity index (χ3v) is 2.59. The Kier molecular flexibility index (Phi) is 4.34. The molecule has 5 nitrogen and oxygen atoms in total. The molecular formula is C14H17FN4O. The molecule has 0 bridgehead atoms. The average Bonchev–Trinajstić information content (AvgIpc) is 2.73. The molecule has 0 aliphatic heterocycles. The fraction of sp³-hybridized carbons (Fsp3) is 0.286. The molecule has 0 aliphatic rings. The van der Waals surface area contributed by atoms with Gasteiger partial charge in [-0.15, -0.1) is 0 Å². The summed E-state index contributed by atoms with van der Waals surface area (Å²) in [5, 5.41) is 4.16. The van der Waals surface area contributed by atoms with E-state index in [1.54, 1.807) is 12.3 Å². The van der Waals surface area contributed by atoms with E-state index in [1.807, 2.05) is 13.8 Å². The monoisotopic (exact) mass is 276 g/mol. The summed E-state index contributed by atoms with van der Waals surface area (Å²) in [6.07, 6.45) is 4.07. The van der Waals surface area contributed by atoms with Crippen molar-refractivity contribution in [2.75, 3.05) is 12.3 Å². The van der Waals surface area contributed by atoms with Crippen LogP contribution in [0, 0.1) is 12.7 Å². The Morgan fingerprint density at radius 3 is 2.95 bits per heavy atom. The zero-order valence-electron chi connectivity index (χ0n) is 11.5. The summed E-state index contributed by atoms with van der Waals surface area (Å²) >= 11 is 0. The normalized spacial score (nSPS) is 11.2. The van der Waals surface area contributed by atoms with Crippen LogP contribution in [-0.2, 0) is 0 Å². The summed E-state index contributed by atoms with van der Waals surface area (Å²) in [6.45, 7) is 4.39. The van der Waals surface area contributed by atoms with Crippen molar-refractivity contribution in [1.29, 1.82) is 0 Å². The minimum atomic E-state index is -0.343. The Morgan fingerprint density at radius 1 is 1.50 bits per heavy atom. The maximum Gasteiger partial charge on any atom is 0.221 e. The number of nitrogens with zero attached hydrogens (tertiary/aromatic N) is 3. The number of aryl methyl sites for hydroxylation is 1. The highest BCUT2D eigenvalue weighted by molar-refractivity contribution is 5.83. The highest BCUT2D eigenvalue weighted by atomic mass is 19.1. The molecule has 20 heavy (non-hydrogen) atoms. The van der Waals surface area contributed by atoms with Gasteiger partial charge in [0.15, 0.2) is 0 Å². The van der Waals surface area contributed by atoms with Gasteiger partial charge in [-0.05, 0) is 31.5 Å². The Balaban J connectivity index is 2.27. The van der Waals surface area contributed by atoms with Crippen LogP contribution in [0.3, 0.4) is 0 Å². The van der Waals surface area contributed by atoms with Crippen LogP contribution in [0.5, 0.6) is 5.75 Å². The Hall–Kier alpha value is -2.37. The molecule has 0 unspecified atom stereocenters. The first-order valence-electron chi connectivity index (χ1n) is 6.38. The summed E-state index contributed by atoms with van der Waals surface area (Å²) in [5.41, 5.74) is 7.01. The number of hydrogen-bond acceptors (Lipinski definition) is 4. The number of anilines is 1. The number of ether oxygens (including phenoxy) is 1. The lowest BCUT2D eigenvalue weighted by atomic mass is 10.2. The maximum atomic E-state index is 13.3. The number of halogens is 1. The number of nitrogen functional groups attached to an aromatic ring is 1. The molecule has 0 aliphatic carbocycles. The van der Waals surface area contributed by atoms with E-state index in [1.165, 1.54) is 23.0 Å². The highest BCUT2D eigenvalue weighted by Gasteiger charge is 2.04. The Morgan fingerprint density at radius 2 is 2.30 bits per heavy atom. The number of imidazole rings is 1. The molecule has 6 heteroatoms. The molecule has 2 N–H and O–H groups in total. The quantitative estimate of drug-likeness (QED) is 0.854. The standard InChI is InChI=1S/C14H17FN4O/c1-3-6-20-13-5-4-12(15)7-11(13)8-17-19-9-10(2)18-14(19)16/h4-5,7-9H,3,6H2,1-2H3,(H2,16,18). The van der Waals surface area contributed by atoms with E-state index in [9.17, 15) is 4.39 Å². The molecule has 0 spiro atoms. The average molecular weight is 276 g/mol. The summed E-state index contributed by atoms with van der Waals surface area (Å²) in [4.78, 5) is 4.03. The smallest absolute Gasteiger partial charge is 0.221 e. The molecule has 1 heterocycles. The van der Waals surface area contributed by atoms with Crippen LogP contribution in [0.25, 0.3) is 0 Å². The molecular weight excluding hydrogens is 259 g/mol. The SMILES string of the molecule is CCCOc1ccc(F)cc1C=Nn1cc(C)nc1N. The van der Waals surface area contributed by atoms with Gasteiger partial charge in [-0.25, -0.2) is 14.1 Å². The van der Waals surface area contributed by atoms with Crippen LogP contribution >= 0.6 is 0 Å². The lowest BCUT2D eigenvalue weighted by molar-refractivity contribution is 0.316. The maximum absolute atomic E-state index is 13.3. The van der Waals surface area contributed by atoms with Gasteiger partial charge in [-0.2, -0.15) is 5.10 Å². The second kappa shape index (κ2) is 6.18. The van der Waals surface area contributed by atoms with Gasteiger partial charge in [-0.1, -0.05) is 6.92 Å².